The Morgan fingerprint density at radius 2 is 2.00 bits per heavy atom. The van der Waals surface area contributed by atoms with Gasteiger partial charge < -0.3 is 9.47 Å². The van der Waals surface area contributed by atoms with E-state index in [0.29, 0.717) is 19.8 Å². The van der Waals surface area contributed by atoms with E-state index < -0.39 is 0 Å². The van der Waals surface area contributed by atoms with Gasteiger partial charge in [-0.15, -0.1) is 0 Å². The van der Waals surface area contributed by atoms with Crippen LogP contribution >= 0.6 is 0 Å². The molecule has 0 aromatic heterocycles. The highest BCUT2D eigenvalue weighted by molar-refractivity contribution is 5.49. The normalized spacial score (nSPS) is 16.2. The maximum atomic E-state index is 8.12. The zero-order valence-electron chi connectivity index (χ0n) is 9.32. The lowest BCUT2D eigenvalue weighted by Crippen LogP contribution is -1.97. The molecule has 0 bridgehead atoms. The van der Waals surface area contributed by atoms with E-state index >= 15 is 0 Å². The Bertz CT molecular complexity index is 430. The molecule has 1 aromatic carbocycles. The third-order valence-corrected chi connectivity index (χ3v) is 2.39. The molecule has 1 heterocycles. The summed E-state index contributed by atoms with van der Waals surface area (Å²) < 4.78 is 10.8. The molecule has 0 radical (unpaired) electrons. The number of ether oxygens (including phenoxy) is 2. The van der Waals surface area contributed by atoms with Gasteiger partial charge >= 0.3 is 0 Å². The van der Waals surface area contributed by atoms with E-state index in [9.17, 15) is 0 Å². The largest absolute Gasteiger partial charge is 0.346 e. The minimum Gasteiger partial charge on any atom is -0.346 e. The molecule has 0 spiro atoms. The van der Waals surface area contributed by atoms with Crippen molar-refractivity contribution in [1.82, 2.24) is 0 Å². The molecule has 5 nitrogen and oxygen atoms in total. The summed E-state index contributed by atoms with van der Waals surface area (Å²) in [6, 6.07) is 7.91. The van der Waals surface area contributed by atoms with Gasteiger partial charge in [0.25, 0.3) is 0 Å². The fraction of sp³-hybridized carbons (Fsp3) is 0.333. The van der Waals surface area contributed by atoms with Crippen molar-refractivity contribution < 1.29 is 9.47 Å². The predicted molar refractivity (Wildman–Crippen MR) is 64.1 cm³/mol. The van der Waals surface area contributed by atoms with Crippen LogP contribution in [0.5, 0.6) is 0 Å². The van der Waals surface area contributed by atoms with Gasteiger partial charge in [0.2, 0.25) is 0 Å². The lowest BCUT2D eigenvalue weighted by Gasteiger charge is -2.08. The molecule has 0 unspecified atom stereocenters. The number of benzene rings is 1. The van der Waals surface area contributed by atoms with Crippen molar-refractivity contribution in [2.24, 2.45) is 5.11 Å². The zero-order valence-corrected chi connectivity index (χ0v) is 9.32. The van der Waals surface area contributed by atoms with Gasteiger partial charge in [-0.25, -0.2) is 0 Å². The van der Waals surface area contributed by atoms with E-state index in [1.165, 1.54) is 0 Å². The van der Waals surface area contributed by atoms with Crippen LogP contribution in [-0.2, 0) is 9.47 Å². The van der Waals surface area contributed by atoms with Crippen molar-refractivity contribution in [3.63, 3.8) is 0 Å². The van der Waals surface area contributed by atoms with E-state index in [1.807, 2.05) is 36.4 Å². The van der Waals surface area contributed by atoms with Gasteiger partial charge in [-0.2, -0.15) is 0 Å². The number of rotatable bonds is 4. The Kier molecular flexibility index (Phi) is 4.16. The molecule has 1 aliphatic heterocycles. The highest BCUT2D eigenvalue weighted by Gasteiger charge is 2.17. The molecule has 88 valence electrons. The summed E-state index contributed by atoms with van der Waals surface area (Å²) >= 11 is 0. The molecule has 0 atom stereocenters. The molecular formula is C12H13N3O2. The molecule has 1 aromatic rings. The Hall–Kier alpha value is -1.81. The van der Waals surface area contributed by atoms with Crippen molar-refractivity contribution in [2.45, 2.75) is 6.29 Å². The number of azide groups is 1. The standard InChI is InChI=1S/C12H13N3O2/c13-15-14-7-1-2-10-3-5-11(6-4-10)12-16-8-9-17-12/h1-6,12H,7-9H2. The lowest BCUT2D eigenvalue weighted by atomic mass is 10.1. The van der Waals surface area contributed by atoms with Gasteiger partial charge in [-0.1, -0.05) is 41.5 Å². The zero-order chi connectivity index (χ0) is 11.9. The van der Waals surface area contributed by atoms with E-state index in [1.54, 1.807) is 0 Å². The van der Waals surface area contributed by atoms with Gasteiger partial charge in [0.1, 0.15) is 0 Å². The average Bonchev–Trinajstić information content (AvgIpc) is 2.89. The topological polar surface area (TPSA) is 67.2 Å². The predicted octanol–water partition coefficient (Wildman–Crippen LogP) is 3.06. The van der Waals surface area contributed by atoms with Crippen LogP contribution in [0, 0.1) is 0 Å². The molecule has 0 aliphatic carbocycles. The quantitative estimate of drug-likeness (QED) is 0.454. The maximum absolute atomic E-state index is 8.12. The van der Waals surface area contributed by atoms with E-state index in [4.69, 9.17) is 15.0 Å². The SMILES string of the molecule is [N-]=[N+]=NCC=Cc1ccc(C2OCCO2)cc1. The van der Waals surface area contributed by atoms with Gasteiger partial charge in [0.05, 0.1) is 13.2 Å². The Morgan fingerprint density at radius 1 is 1.29 bits per heavy atom. The molecule has 2 rings (SSSR count). The molecule has 17 heavy (non-hydrogen) atoms. The third-order valence-electron chi connectivity index (χ3n) is 2.39. The minimum atomic E-state index is -0.226. The molecule has 1 saturated heterocycles. The van der Waals surface area contributed by atoms with Crippen molar-refractivity contribution >= 4 is 6.08 Å². The van der Waals surface area contributed by atoms with Gasteiger partial charge in [-0.05, 0) is 11.1 Å². The summed E-state index contributed by atoms with van der Waals surface area (Å²) in [5.74, 6) is 0. The fourth-order valence-corrected chi connectivity index (χ4v) is 1.59. The smallest absolute Gasteiger partial charge is 0.184 e. The summed E-state index contributed by atoms with van der Waals surface area (Å²) in [4.78, 5) is 2.67. The highest BCUT2D eigenvalue weighted by Crippen LogP contribution is 2.23. The molecule has 1 aliphatic rings. The summed E-state index contributed by atoms with van der Waals surface area (Å²) in [5.41, 5.74) is 10.2. The lowest BCUT2D eigenvalue weighted by molar-refractivity contribution is -0.0441. The van der Waals surface area contributed by atoms with Crippen LogP contribution in [0.15, 0.2) is 35.5 Å². The second kappa shape index (κ2) is 6.06. The van der Waals surface area contributed by atoms with Gasteiger partial charge in [-0.3, -0.25) is 0 Å². The Morgan fingerprint density at radius 3 is 2.65 bits per heavy atom. The minimum absolute atomic E-state index is 0.226. The van der Waals surface area contributed by atoms with Crippen LogP contribution in [-0.4, -0.2) is 19.8 Å². The first kappa shape index (κ1) is 11.7. The molecule has 0 amide bonds. The Labute approximate surface area is 99.3 Å². The van der Waals surface area contributed by atoms with Crippen LogP contribution in [0.4, 0.5) is 0 Å². The number of nitrogens with zero attached hydrogens (tertiary/aromatic N) is 3. The molecule has 1 fully saturated rings. The average molecular weight is 231 g/mol. The van der Waals surface area contributed by atoms with Crippen LogP contribution in [0.1, 0.15) is 17.4 Å². The summed E-state index contributed by atoms with van der Waals surface area (Å²) in [7, 11) is 0. The van der Waals surface area contributed by atoms with E-state index in [-0.39, 0.29) is 6.29 Å². The fourth-order valence-electron chi connectivity index (χ4n) is 1.59. The van der Waals surface area contributed by atoms with Crippen molar-refractivity contribution in [1.29, 1.82) is 0 Å². The van der Waals surface area contributed by atoms with Crippen LogP contribution in [0.3, 0.4) is 0 Å². The van der Waals surface area contributed by atoms with Crippen LogP contribution < -0.4 is 0 Å². The monoisotopic (exact) mass is 231 g/mol. The molecule has 5 heteroatoms. The van der Waals surface area contributed by atoms with Crippen molar-refractivity contribution in [3.8, 4) is 0 Å². The van der Waals surface area contributed by atoms with E-state index in [0.717, 1.165) is 11.1 Å². The molecular weight excluding hydrogens is 218 g/mol. The first-order valence-electron chi connectivity index (χ1n) is 5.41. The second-order valence-corrected chi connectivity index (χ2v) is 3.56. The van der Waals surface area contributed by atoms with Crippen LogP contribution in [0.25, 0.3) is 16.5 Å². The van der Waals surface area contributed by atoms with Gasteiger partial charge in [0.15, 0.2) is 6.29 Å². The Balaban J connectivity index is 1.97. The summed E-state index contributed by atoms with van der Waals surface area (Å²) in [5, 5.41) is 3.42. The third kappa shape index (κ3) is 3.32. The second-order valence-electron chi connectivity index (χ2n) is 3.56. The number of hydrogen-bond acceptors (Lipinski definition) is 3. The van der Waals surface area contributed by atoms with Crippen molar-refractivity contribution in [3.05, 3.63) is 51.9 Å². The maximum Gasteiger partial charge on any atom is 0.184 e. The first-order chi connectivity index (χ1) is 8.40. The molecule has 0 saturated carbocycles. The summed E-state index contributed by atoms with van der Waals surface area (Å²) in [6.45, 7) is 1.67. The highest BCUT2D eigenvalue weighted by atomic mass is 16.7. The van der Waals surface area contributed by atoms with E-state index in [2.05, 4.69) is 10.0 Å². The first-order valence-corrected chi connectivity index (χ1v) is 5.41. The summed E-state index contributed by atoms with van der Waals surface area (Å²) in [6.07, 6.45) is 3.50. The molecule has 0 N–H and O–H groups in total. The van der Waals surface area contributed by atoms with Crippen molar-refractivity contribution in [2.75, 3.05) is 19.8 Å². The van der Waals surface area contributed by atoms with Gasteiger partial charge in [0, 0.05) is 17.0 Å². The number of hydrogen-bond donors (Lipinski definition) is 0. The van der Waals surface area contributed by atoms with Crippen LogP contribution in [0.2, 0.25) is 0 Å².